The van der Waals surface area contributed by atoms with Crippen LogP contribution >= 0.6 is 0 Å². The van der Waals surface area contributed by atoms with E-state index >= 15 is 0 Å². The molecule has 2 saturated heterocycles. The molecule has 3 heterocycles. The Bertz CT molecular complexity index is 1460. The maximum atomic E-state index is 13.1. The van der Waals surface area contributed by atoms with Gasteiger partial charge in [0.25, 0.3) is 0 Å². The van der Waals surface area contributed by atoms with Crippen molar-refractivity contribution in [3.8, 4) is 28.6 Å². The Hall–Kier alpha value is -3.31. The van der Waals surface area contributed by atoms with Gasteiger partial charge in [-0.15, -0.1) is 0 Å². The van der Waals surface area contributed by atoms with E-state index < -0.39 is 84.8 Å². The Balaban J connectivity index is 1.67. The molecule has 14 heteroatoms. The zero-order valence-electron chi connectivity index (χ0n) is 21.5. The summed E-state index contributed by atoms with van der Waals surface area (Å²) in [5.74, 6) is -1.39. The van der Waals surface area contributed by atoms with Crippen LogP contribution in [0.2, 0.25) is 0 Å². The standard InChI is InChI=1S/C27H30O14/c1-9-19(33)21(35)23(37)27(38-9)41-26-22(36)20(34)16(8-28)40-25(26)18-13(31)6-12(30)17-14(32)7-15(39-24(17)18)10-2-4-11(29)5-3-10/h2-7,9,16,19-23,25-31,33-37H,8H2,1H3/t9-,16-,19-,20-,21-,22-,23-,25+,26-,27-/m0/s1. The van der Waals surface area contributed by atoms with Crippen LogP contribution in [-0.4, -0.2) is 108 Å². The van der Waals surface area contributed by atoms with Crippen molar-refractivity contribution in [1.82, 2.24) is 0 Å². The second-order valence-electron chi connectivity index (χ2n) is 10.1. The van der Waals surface area contributed by atoms with Gasteiger partial charge in [0.05, 0.1) is 18.3 Å². The number of aliphatic hydroxyl groups excluding tert-OH is 6. The topological polar surface area (TPSA) is 240 Å². The van der Waals surface area contributed by atoms with Gasteiger partial charge in [0.1, 0.15) is 77.2 Å². The van der Waals surface area contributed by atoms with Crippen LogP contribution in [0, 0.1) is 0 Å². The van der Waals surface area contributed by atoms with Gasteiger partial charge in [-0.1, -0.05) is 0 Å². The molecule has 0 radical (unpaired) electrons. The fourth-order valence-corrected chi connectivity index (χ4v) is 5.12. The molecule has 0 aliphatic carbocycles. The molecule has 5 rings (SSSR count). The Morgan fingerprint density at radius 1 is 0.829 bits per heavy atom. The molecule has 3 aromatic rings. The lowest BCUT2D eigenvalue weighted by Crippen LogP contribution is -2.61. The van der Waals surface area contributed by atoms with Crippen LogP contribution < -0.4 is 5.43 Å². The third-order valence-electron chi connectivity index (χ3n) is 7.40. The van der Waals surface area contributed by atoms with E-state index in [-0.39, 0.29) is 28.0 Å². The molecule has 2 aliphatic rings. The fraction of sp³-hybridized carbons (Fsp3) is 0.444. The molecule has 0 bridgehead atoms. The van der Waals surface area contributed by atoms with Gasteiger partial charge in [0.15, 0.2) is 17.3 Å². The van der Waals surface area contributed by atoms with Crippen LogP contribution in [-0.2, 0) is 14.2 Å². The summed E-state index contributed by atoms with van der Waals surface area (Å²) in [6.45, 7) is 0.613. The normalized spacial score (nSPS) is 34.1. The van der Waals surface area contributed by atoms with Gasteiger partial charge in [0.2, 0.25) is 0 Å². The Kier molecular flexibility index (Phi) is 7.95. The quantitative estimate of drug-likeness (QED) is 0.175. The highest BCUT2D eigenvalue weighted by Gasteiger charge is 2.51. The summed E-state index contributed by atoms with van der Waals surface area (Å²) < 4.78 is 23.0. The predicted molar refractivity (Wildman–Crippen MR) is 137 cm³/mol. The molecule has 41 heavy (non-hydrogen) atoms. The highest BCUT2D eigenvalue weighted by atomic mass is 16.7. The van der Waals surface area contributed by atoms with Crippen LogP contribution in [0.4, 0.5) is 0 Å². The van der Waals surface area contributed by atoms with E-state index in [0.29, 0.717) is 5.56 Å². The van der Waals surface area contributed by atoms with Crippen molar-refractivity contribution >= 4 is 11.0 Å². The molecule has 0 amide bonds. The number of fused-ring (bicyclic) bond motifs is 1. The van der Waals surface area contributed by atoms with Crippen molar-refractivity contribution in [2.75, 3.05) is 6.61 Å². The summed E-state index contributed by atoms with van der Waals surface area (Å²) >= 11 is 0. The highest BCUT2D eigenvalue weighted by Crippen LogP contribution is 2.45. The zero-order valence-corrected chi connectivity index (χ0v) is 21.5. The molecule has 2 aliphatic heterocycles. The van der Waals surface area contributed by atoms with Crippen molar-refractivity contribution in [3.63, 3.8) is 0 Å². The third kappa shape index (κ3) is 5.14. The SMILES string of the molecule is C[C@@H]1O[C@@H](O[C@H]2[C@@H](O)[C@@H](O)[C@H](CO)O[C@@H]2c2c(O)cc(O)c3c(=O)cc(-c4ccc(O)cc4)oc23)[C@@H](O)[C@@H](O)[C@H]1O. The molecule has 222 valence electrons. The lowest BCUT2D eigenvalue weighted by molar-refractivity contribution is -0.338. The molecule has 0 saturated carbocycles. The summed E-state index contributed by atoms with van der Waals surface area (Å²) in [5, 5.41) is 93.0. The molecular weight excluding hydrogens is 548 g/mol. The van der Waals surface area contributed by atoms with Gasteiger partial charge in [-0.25, -0.2) is 0 Å². The van der Waals surface area contributed by atoms with Crippen molar-refractivity contribution in [2.45, 2.75) is 68.1 Å². The van der Waals surface area contributed by atoms with Gasteiger partial charge in [-0.05, 0) is 31.2 Å². The summed E-state index contributed by atoms with van der Waals surface area (Å²) in [7, 11) is 0. The average Bonchev–Trinajstić information content (AvgIpc) is 2.93. The first-order valence-corrected chi connectivity index (χ1v) is 12.7. The number of hydrogen-bond acceptors (Lipinski definition) is 14. The predicted octanol–water partition coefficient (Wildman–Crippen LogP) is -1.06. The van der Waals surface area contributed by atoms with Crippen LogP contribution in [0.5, 0.6) is 17.2 Å². The number of rotatable bonds is 5. The van der Waals surface area contributed by atoms with Crippen molar-refractivity contribution in [3.05, 3.63) is 52.2 Å². The average molecular weight is 579 g/mol. The first-order valence-electron chi connectivity index (χ1n) is 12.7. The number of hydrogen-bond donors (Lipinski definition) is 9. The van der Waals surface area contributed by atoms with Crippen molar-refractivity contribution in [2.24, 2.45) is 0 Å². The minimum absolute atomic E-state index is 0.0294. The summed E-state index contributed by atoms with van der Waals surface area (Å²) in [5.41, 5.74) is -1.08. The maximum Gasteiger partial charge on any atom is 0.197 e. The van der Waals surface area contributed by atoms with E-state index in [1.54, 1.807) is 0 Å². The van der Waals surface area contributed by atoms with E-state index in [9.17, 15) is 50.8 Å². The smallest absolute Gasteiger partial charge is 0.197 e. The zero-order chi connectivity index (χ0) is 29.7. The summed E-state index contributed by atoms with van der Waals surface area (Å²) in [6.07, 6.45) is -16.0. The number of aromatic hydroxyl groups is 3. The van der Waals surface area contributed by atoms with E-state index in [1.165, 1.54) is 31.2 Å². The van der Waals surface area contributed by atoms with Gasteiger partial charge in [-0.3, -0.25) is 4.79 Å². The summed E-state index contributed by atoms with van der Waals surface area (Å²) in [4.78, 5) is 13.1. The lowest BCUT2D eigenvalue weighted by atomic mass is 9.89. The monoisotopic (exact) mass is 578 g/mol. The van der Waals surface area contributed by atoms with Gasteiger partial charge in [0, 0.05) is 17.7 Å². The van der Waals surface area contributed by atoms with Crippen LogP contribution in [0.3, 0.4) is 0 Å². The minimum Gasteiger partial charge on any atom is -0.508 e. The molecule has 9 N–H and O–H groups in total. The van der Waals surface area contributed by atoms with E-state index in [2.05, 4.69) is 0 Å². The third-order valence-corrected chi connectivity index (χ3v) is 7.40. The number of phenolic OH excluding ortho intramolecular Hbond substituents is 3. The summed E-state index contributed by atoms with van der Waals surface area (Å²) in [6, 6.07) is 7.53. The molecule has 0 unspecified atom stereocenters. The highest BCUT2D eigenvalue weighted by molar-refractivity contribution is 5.89. The molecule has 14 nitrogen and oxygen atoms in total. The second-order valence-corrected chi connectivity index (χ2v) is 10.1. The Labute approximate surface area is 231 Å². The number of ether oxygens (including phenoxy) is 3. The fourth-order valence-electron chi connectivity index (χ4n) is 5.12. The lowest BCUT2D eigenvalue weighted by Gasteiger charge is -2.46. The minimum atomic E-state index is -1.85. The van der Waals surface area contributed by atoms with Crippen LogP contribution in [0.15, 0.2) is 45.6 Å². The molecule has 10 atom stereocenters. The Morgan fingerprint density at radius 2 is 1.51 bits per heavy atom. The molecule has 2 aromatic carbocycles. The second kappa shape index (κ2) is 11.2. The molecule has 1 aromatic heterocycles. The number of phenols is 3. The molecule has 0 spiro atoms. The van der Waals surface area contributed by atoms with Crippen molar-refractivity contribution in [1.29, 1.82) is 0 Å². The van der Waals surface area contributed by atoms with Gasteiger partial charge >= 0.3 is 0 Å². The van der Waals surface area contributed by atoms with Crippen molar-refractivity contribution < 1.29 is 64.6 Å². The maximum absolute atomic E-state index is 13.1. The first-order chi connectivity index (χ1) is 19.4. The molecule has 2 fully saturated rings. The van der Waals surface area contributed by atoms with E-state index in [0.717, 1.165) is 12.1 Å². The largest absolute Gasteiger partial charge is 0.508 e. The first kappa shape index (κ1) is 29.2. The Morgan fingerprint density at radius 3 is 2.17 bits per heavy atom. The number of benzene rings is 2. The van der Waals surface area contributed by atoms with E-state index in [1.807, 2.05) is 0 Å². The van der Waals surface area contributed by atoms with Gasteiger partial charge < -0.3 is 64.6 Å². The van der Waals surface area contributed by atoms with Crippen LogP contribution in [0.1, 0.15) is 18.6 Å². The number of aliphatic hydroxyl groups is 6. The van der Waals surface area contributed by atoms with Gasteiger partial charge in [-0.2, -0.15) is 0 Å². The van der Waals surface area contributed by atoms with Crippen LogP contribution in [0.25, 0.3) is 22.3 Å². The van der Waals surface area contributed by atoms with E-state index in [4.69, 9.17) is 18.6 Å². The molecular formula is C27H30O14.